The molecule has 7 nitrogen and oxygen atoms in total. The monoisotopic (exact) mass is 433 g/mol. The Morgan fingerprint density at radius 2 is 2.03 bits per heavy atom. The number of pyridine rings is 1. The molecule has 0 bridgehead atoms. The zero-order valence-electron chi connectivity index (χ0n) is 18.6. The van der Waals surface area contributed by atoms with E-state index < -0.39 is 0 Å². The summed E-state index contributed by atoms with van der Waals surface area (Å²) in [6, 6.07) is 4.04. The molecule has 5 heterocycles. The summed E-state index contributed by atoms with van der Waals surface area (Å²) >= 11 is 0. The van der Waals surface area contributed by atoms with Crippen molar-refractivity contribution in [2.75, 3.05) is 19.6 Å². The second kappa shape index (κ2) is 7.80. The van der Waals surface area contributed by atoms with Gasteiger partial charge in [0, 0.05) is 70.9 Å². The van der Waals surface area contributed by atoms with E-state index in [1.165, 1.54) is 18.4 Å². The number of likely N-dealkylation sites (tertiary alicyclic amines) is 1. The number of rotatable bonds is 4. The van der Waals surface area contributed by atoms with E-state index in [9.17, 15) is 9.59 Å². The molecule has 32 heavy (non-hydrogen) atoms. The molecule has 1 spiro atoms. The molecule has 1 saturated heterocycles. The van der Waals surface area contributed by atoms with Gasteiger partial charge in [0.15, 0.2) is 0 Å². The van der Waals surface area contributed by atoms with Gasteiger partial charge in [-0.2, -0.15) is 0 Å². The molecule has 1 aliphatic carbocycles. The van der Waals surface area contributed by atoms with Gasteiger partial charge in [-0.15, -0.1) is 0 Å². The second-order valence-corrected chi connectivity index (χ2v) is 10.4. The number of fused-ring (bicyclic) bond motifs is 2. The summed E-state index contributed by atoms with van der Waals surface area (Å²) in [5, 5.41) is 0. The van der Waals surface area contributed by atoms with E-state index >= 15 is 0 Å². The van der Waals surface area contributed by atoms with Crippen molar-refractivity contribution in [1.82, 2.24) is 24.3 Å². The molecule has 1 saturated carbocycles. The average Bonchev–Trinajstić information content (AvgIpc) is 3.55. The van der Waals surface area contributed by atoms with Crippen molar-refractivity contribution in [1.29, 1.82) is 0 Å². The highest BCUT2D eigenvalue weighted by Gasteiger charge is 2.43. The molecule has 7 heteroatoms. The normalized spacial score (nSPS) is 22.1. The second-order valence-electron chi connectivity index (χ2n) is 10.4. The van der Waals surface area contributed by atoms with Gasteiger partial charge in [0.05, 0.1) is 11.3 Å². The van der Waals surface area contributed by atoms with E-state index in [0.29, 0.717) is 18.4 Å². The average molecular weight is 434 g/mol. The molecule has 2 fully saturated rings. The molecule has 1 amide bonds. The molecule has 4 aliphatic rings. The lowest BCUT2D eigenvalue weighted by atomic mass is 9.77. The van der Waals surface area contributed by atoms with Gasteiger partial charge in [-0.25, -0.2) is 4.98 Å². The lowest BCUT2D eigenvalue weighted by Gasteiger charge is -2.38. The number of carbonyl (C=O) groups is 1. The Hall–Kier alpha value is -2.54. The Kier molecular flexibility index (Phi) is 4.90. The molecule has 0 aromatic carbocycles. The fraction of sp³-hybridized carbons (Fsp3) is 0.600. The number of piperidine rings is 1. The summed E-state index contributed by atoms with van der Waals surface area (Å²) in [5.41, 5.74) is 3.29. The van der Waals surface area contributed by atoms with Crippen LogP contribution < -0.4 is 5.56 Å². The summed E-state index contributed by atoms with van der Waals surface area (Å²) < 4.78 is 1.95. The van der Waals surface area contributed by atoms with Crippen molar-refractivity contribution in [3.05, 3.63) is 57.5 Å². The highest BCUT2D eigenvalue weighted by molar-refractivity contribution is 5.76. The van der Waals surface area contributed by atoms with Crippen LogP contribution in [-0.2, 0) is 37.3 Å². The van der Waals surface area contributed by atoms with Crippen molar-refractivity contribution < 1.29 is 4.79 Å². The first kappa shape index (κ1) is 20.1. The van der Waals surface area contributed by atoms with Crippen LogP contribution in [0.4, 0.5) is 0 Å². The summed E-state index contributed by atoms with van der Waals surface area (Å²) in [7, 11) is 0. The van der Waals surface area contributed by atoms with Crippen LogP contribution in [0, 0.1) is 11.3 Å². The Bertz CT molecular complexity index is 1080. The minimum Gasteiger partial charge on any atom is -0.343 e. The van der Waals surface area contributed by atoms with Crippen LogP contribution in [0.1, 0.15) is 54.7 Å². The predicted molar refractivity (Wildman–Crippen MR) is 120 cm³/mol. The third-order valence-corrected chi connectivity index (χ3v) is 7.97. The Balaban J connectivity index is 1.16. The van der Waals surface area contributed by atoms with Crippen LogP contribution in [0.15, 0.2) is 29.3 Å². The van der Waals surface area contributed by atoms with Crippen LogP contribution in [-0.4, -0.2) is 49.9 Å². The minimum absolute atomic E-state index is 0.0921. The van der Waals surface area contributed by atoms with E-state index in [4.69, 9.17) is 4.98 Å². The molecule has 0 N–H and O–H groups in total. The van der Waals surface area contributed by atoms with Crippen LogP contribution in [0.2, 0.25) is 0 Å². The first-order valence-electron chi connectivity index (χ1n) is 12.1. The zero-order chi connectivity index (χ0) is 21.7. The molecule has 6 rings (SSSR count). The van der Waals surface area contributed by atoms with E-state index in [1.54, 1.807) is 6.20 Å². The van der Waals surface area contributed by atoms with Crippen LogP contribution >= 0.6 is 0 Å². The molecule has 0 atom stereocenters. The number of aromatic nitrogens is 3. The van der Waals surface area contributed by atoms with Crippen molar-refractivity contribution in [3.8, 4) is 0 Å². The van der Waals surface area contributed by atoms with E-state index in [0.717, 1.165) is 81.9 Å². The number of carbonyl (C=O) groups excluding carboxylic acids is 1. The third-order valence-electron chi connectivity index (χ3n) is 7.97. The van der Waals surface area contributed by atoms with Crippen molar-refractivity contribution in [2.45, 2.75) is 64.6 Å². The SMILES string of the molecule is O=C(CC1CC1)N1CCC2(CC1)Cc1nc3c(c(=O)n1C2)CN(Cc1cccnc1)CC3. The highest BCUT2D eigenvalue weighted by atomic mass is 16.2. The summed E-state index contributed by atoms with van der Waals surface area (Å²) in [6.45, 7) is 4.80. The van der Waals surface area contributed by atoms with Crippen molar-refractivity contribution in [2.24, 2.45) is 11.3 Å². The number of amides is 1. The maximum absolute atomic E-state index is 13.4. The largest absolute Gasteiger partial charge is 0.343 e. The van der Waals surface area contributed by atoms with Gasteiger partial charge >= 0.3 is 0 Å². The summed E-state index contributed by atoms with van der Waals surface area (Å²) in [4.78, 5) is 39.5. The summed E-state index contributed by atoms with van der Waals surface area (Å²) in [5.74, 6) is 1.94. The smallest absolute Gasteiger partial charge is 0.258 e. The molecule has 0 radical (unpaired) electrons. The van der Waals surface area contributed by atoms with E-state index in [2.05, 4.69) is 20.9 Å². The van der Waals surface area contributed by atoms with E-state index in [-0.39, 0.29) is 11.0 Å². The Morgan fingerprint density at radius 3 is 2.78 bits per heavy atom. The van der Waals surface area contributed by atoms with Gasteiger partial charge in [-0.05, 0) is 48.6 Å². The quantitative estimate of drug-likeness (QED) is 0.739. The number of nitrogens with zero attached hydrogens (tertiary/aromatic N) is 5. The van der Waals surface area contributed by atoms with Crippen LogP contribution in [0.25, 0.3) is 0 Å². The Morgan fingerprint density at radius 1 is 1.19 bits per heavy atom. The summed E-state index contributed by atoms with van der Waals surface area (Å²) in [6.07, 6.45) is 10.5. The maximum atomic E-state index is 13.4. The minimum atomic E-state index is 0.0921. The predicted octanol–water partition coefficient (Wildman–Crippen LogP) is 2.16. The van der Waals surface area contributed by atoms with Gasteiger partial charge in [0.1, 0.15) is 5.82 Å². The first-order chi connectivity index (χ1) is 15.6. The standard InChI is InChI=1S/C25H31N5O2/c31-23(12-18-3-4-18)29-10-6-25(7-11-29)13-22-27-21-5-9-28(15-19-2-1-8-26-14-19)16-20(21)24(32)30(22)17-25/h1-2,8,14,18H,3-7,9-13,15-17H2. The van der Waals surface area contributed by atoms with Gasteiger partial charge in [0.25, 0.3) is 5.56 Å². The van der Waals surface area contributed by atoms with Gasteiger partial charge in [-0.1, -0.05) is 6.07 Å². The van der Waals surface area contributed by atoms with Gasteiger partial charge in [0.2, 0.25) is 5.91 Å². The molecule has 0 unspecified atom stereocenters. The lowest BCUT2D eigenvalue weighted by Crippen LogP contribution is -2.44. The Labute approximate surface area is 188 Å². The molecule has 2 aromatic heterocycles. The molecule has 3 aliphatic heterocycles. The van der Waals surface area contributed by atoms with Crippen molar-refractivity contribution in [3.63, 3.8) is 0 Å². The van der Waals surface area contributed by atoms with Crippen molar-refractivity contribution >= 4 is 5.91 Å². The van der Waals surface area contributed by atoms with E-state index in [1.807, 2.05) is 16.8 Å². The highest BCUT2D eigenvalue weighted by Crippen LogP contribution is 2.41. The third kappa shape index (κ3) is 3.76. The maximum Gasteiger partial charge on any atom is 0.258 e. The fourth-order valence-corrected chi connectivity index (χ4v) is 5.79. The molecular formula is C25H31N5O2. The number of hydrogen-bond acceptors (Lipinski definition) is 5. The van der Waals surface area contributed by atoms with Crippen LogP contribution in [0.5, 0.6) is 0 Å². The zero-order valence-corrected chi connectivity index (χ0v) is 18.6. The first-order valence-corrected chi connectivity index (χ1v) is 12.1. The van der Waals surface area contributed by atoms with Gasteiger partial charge < -0.3 is 4.90 Å². The fourth-order valence-electron chi connectivity index (χ4n) is 5.79. The topological polar surface area (TPSA) is 71.3 Å². The van der Waals surface area contributed by atoms with Gasteiger partial charge in [-0.3, -0.25) is 24.0 Å². The number of hydrogen-bond donors (Lipinski definition) is 0. The van der Waals surface area contributed by atoms with Crippen LogP contribution in [0.3, 0.4) is 0 Å². The lowest BCUT2D eigenvalue weighted by molar-refractivity contribution is -0.133. The molecular weight excluding hydrogens is 402 g/mol. The molecule has 2 aromatic rings. The molecule has 168 valence electrons.